The lowest BCUT2D eigenvalue weighted by molar-refractivity contribution is -0.145. The SMILES string of the molecule is CCOC(=O)COc1ccc(NC(=O)N[C@H](C)c2ccc(OC)c(F)c2)cc1. The summed E-state index contributed by atoms with van der Waals surface area (Å²) in [6.07, 6.45) is 0. The van der Waals surface area contributed by atoms with Crippen molar-refractivity contribution >= 4 is 17.7 Å². The highest BCUT2D eigenvalue weighted by atomic mass is 19.1. The molecule has 0 aliphatic rings. The largest absolute Gasteiger partial charge is 0.494 e. The van der Waals surface area contributed by atoms with Crippen LogP contribution in [0.5, 0.6) is 11.5 Å². The van der Waals surface area contributed by atoms with Crippen LogP contribution in [0, 0.1) is 5.82 Å². The Morgan fingerprint density at radius 1 is 1.14 bits per heavy atom. The van der Waals surface area contributed by atoms with Gasteiger partial charge in [0.25, 0.3) is 0 Å². The van der Waals surface area contributed by atoms with Gasteiger partial charge in [-0.1, -0.05) is 6.07 Å². The Kier molecular flexibility index (Phi) is 7.62. The predicted octanol–water partition coefficient (Wildman–Crippen LogP) is 3.66. The number of carbonyl (C=O) groups is 2. The van der Waals surface area contributed by atoms with Crippen molar-refractivity contribution in [1.29, 1.82) is 0 Å². The fourth-order valence-corrected chi connectivity index (χ4v) is 2.38. The number of hydrogen-bond acceptors (Lipinski definition) is 5. The summed E-state index contributed by atoms with van der Waals surface area (Å²) in [5.74, 6) is -0.327. The van der Waals surface area contributed by atoms with Gasteiger partial charge < -0.3 is 24.8 Å². The van der Waals surface area contributed by atoms with Crippen LogP contribution in [-0.2, 0) is 9.53 Å². The van der Waals surface area contributed by atoms with Gasteiger partial charge in [-0.15, -0.1) is 0 Å². The zero-order valence-electron chi connectivity index (χ0n) is 16.0. The van der Waals surface area contributed by atoms with Crippen molar-refractivity contribution in [1.82, 2.24) is 5.32 Å². The van der Waals surface area contributed by atoms with Crippen molar-refractivity contribution in [3.8, 4) is 11.5 Å². The number of methoxy groups -OCH3 is 1. The number of ether oxygens (including phenoxy) is 3. The highest BCUT2D eigenvalue weighted by molar-refractivity contribution is 5.89. The molecule has 0 aromatic heterocycles. The Morgan fingerprint density at radius 2 is 1.86 bits per heavy atom. The maximum absolute atomic E-state index is 13.8. The first kappa shape index (κ1) is 21.0. The maximum atomic E-state index is 13.8. The van der Waals surface area contributed by atoms with Crippen molar-refractivity contribution in [2.75, 3.05) is 25.6 Å². The number of nitrogens with one attached hydrogen (secondary N) is 2. The summed E-state index contributed by atoms with van der Waals surface area (Å²) in [6, 6.07) is 10.2. The summed E-state index contributed by atoms with van der Waals surface area (Å²) in [4.78, 5) is 23.4. The number of halogens is 1. The third-order valence-corrected chi connectivity index (χ3v) is 3.80. The lowest BCUT2D eigenvalue weighted by Crippen LogP contribution is -2.31. The Labute approximate surface area is 162 Å². The smallest absolute Gasteiger partial charge is 0.344 e. The minimum Gasteiger partial charge on any atom is -0.494 e. The molecule has 2 amide bonds. The topological polar surface area (TPSA) is 85.9 Å². The van der Waals surface area contributed by atoms with Gasteiger partial charge in [0, 0.05) is 5.69 Å². The average molecular weight is 390 g/mol. The van der Waals surface area contributed by atoms with E-state index in [4.69, 9.17) is 14.2 Å². The molecule has 0 aliphatic heterocycles. The second-order valence-electron chi connectivity index (χ2n) is 5.83. The molecule has 0 bridgehead atoms. The first-order valence-corrected chi connectivity index (χ1v) is 8.72. The molecule has 0 unspecified atom stereocenters. The molecule has 2 N–H and O–H groups in total. The molecule has 0 radical (unpaired) electrons. The van der Waals surface area contributed by atoms with E-state index in [1.807, 2.05) is 0 Å². The van der Waals surface area contributed by atoms with Crippen molar-refractivity contribution < 1.29 is 28.2 Å². The number of esters is 1. The van der Waals surface area contributed by atoms with Crippen LogP contribution in [0.1, 0.15) is 25.5 Å². The minimum absolute atomic E-state index is 0.144. The lowest BCUT2D eigenvalue weighted by Gasteiger charge is -2.16. The Balaban J connectivity index is 1.86. The van der Waals surface area contributed by atoms with E-state index < -0.39 is 23.9 Å². The highest BCUT2D eigenvalue weighted by Crippen LogP contribution is 2.22. The van der Waals surface area contributed by atoms with Crippen LogP contribution in [0.15, 0.2) is 42.5 Å². The molecule has 2 aromatic rings. The molecule has 0 heterocycles. The molecular formula is C20H23FN2O5. The first-order chi connectivity index (χ1) is 13.4. The summed E-state index contributed by atoms with van der Waals surface area (Å²) in [6.45, 7) is 3.57. The van der Waals surface area contributed by atoms with Crippen molar-refractivity contribution in [3.05, 3.63) is 53.8 Å². The number of amides is 2. The van der Waals surface area contributed by atoms with E-state index in [2.05, 4.69) is 10.6 Å². The highest BCUT2D eigenvalue weighted by Gasteiger charge is 2.12. The van der Waals surface area contributed by atoms with E-state index in [0.717, 1.165) is 0 Å². The number of carbonyl (C=O) groups excluding carboxylic acids is 2. The van der Waals surface area contributed by atoms with Gasteiger partial charge >= 0.3 is 12.0 Å². The summed E-state index contributed by atoms with van der Waals surface area (Å²) >= 11 is 0. The van der Waals surface area contributed by atoms with Crippen LogP contribution in [0.4, 0.5) is 14.9 Å². The van der Waals surface area contributed by atoms with Crippen molar-refractivity contribution in [3.63, 3.8) is 0 Å². The zero-order valence-corrected chi connectivity index (χ0v) is 16.0. The molecule has 1 atom stereocenters. The molecule has 0 saturated carbocycles. The second-order valence-corrected chi connectivity index (χ2v) is 5.83. The van der Waals surface area contributed by atoms with Gasteiger partial charge in [0.1, 0.15) is 5.75 Å². The van der Waals surface area contributed by atoms with Gasteiger partial charge in [-0.05, 0) is 55.8 Å². The predicted molar refractivity (Wildman–Crippen MR) is 102 cm³/mol. The van der Waals surface area contributed by atoms with Crippen molar-refractivity contribution in [2.45, 2.75) is 19.9 Å². The normalized spacial score (nSPS) is 11.3. The number of anilines is 1. The molecule has 7 nitrogen and oxygen atoms in total. The third kappa shape index (κ3) is 6.15. The number of benzene rings is 2. The van der Waals surface area contributed by atoms with Gasteiger partial charge in [-0.3, -0.25) is 0 Å². The van der Waals surface area contributed by atoms with Crippen LogP contribution >= 0.6 is 0 Å². The molecule has 0 fully saturated rings. The van der Waals surface area contributed by atoms with Crippen molar-refractivity contribution in [2.24, 2.45) is 0 Å². The van der Waals surface area contributed by atoms with Crippen LogP contribution in [-0.4, -0.2) is 32.3 Å². The van der Waals surface area contributed by atoms with E-state index in [9.17, 15) is 14.0 Å². The third-order valence-electron chi connectivity index (χ3n) is 3.80. The van der Waals surface area contributed by atoms with Gasteiger partial charge in [-0.25, -0.2) is 14.0 Å². The number of hydrogen-bond donors (Lipinski definition) is 2. The van der Waals surface area contributed by atoms with Gasteiger partial charge in [0.2, 0.25) is 0 Å². The first-order valence-electron chi connectivity index (χ1n) is 8.72. The Hall–Kier alpha value is -3.29. The van der Waals surface area contributed by atoms with Crippen LogP contribution < -0.4 is 20.1 Å². The van der Waals surface area contributed by atoms with Crippen LogP contribution in [0.2, 0.25) is 0 Å². The maximum Gasteiger partial charge on any atom is 0.344 e. The molecule has 28 heavy (non-hydrogen) atoms. The van der Waals surface area contributed by atoms with Gasteiger partial charge in [-0.2, -0.15) is 0 Å². The van der Waals surface area contributed by atoms with Crippen LogP contribution in [0.25, 0.3) is 0 Å². The Bertz CT molecular complexity index is 811. The lowest BCUT2D eigenvalue weighted by atomic mass is 10.1. The molecule has 2 aromatic carbocycles. The Morgan fingerprint density at radius 3 is 2.46 bits per heavy atom. The molecule has 150 valence electrons. The molecular weight excluding hydrogens is 367 g/mol. The molecule has 0 saturated heterocycles. The molecule has 0 spiro atoms. The minimum atomic E-state index is -0.493. The van der Waals surface area contributed by atoms with Crippen LogP contribution in [0.3, 0.4) is 0 Å². The molecule has 0 aliphatic carbocycles. The number of rotatable bonds is 8. The fraction of sp³-hybridized carbons (Fsp3) is 0.300. The quantitative estimate of drug-likeness (QED) is 0.672. The summed E-state index contributed by atoms with van der Waals surface area (Å²) in [5.41, 5.74) is 1.14. The molecule has 8 heteroatoms. The summed E-state index contributed by atoms with van der Waals surface area (Å²) in [5, 5.41) is 5.40. The van der Waals surface area contributed by atoms with E-state index in [1.54, 1.807) is 44.2 Å². The summed E-state index contributed by atoms with van der Waals surface area (Å²) in [7, 11) is 1.39. The summed E-state index contributed by atoms with van der Waals surface area (Å²) < 4.78 is 28.7. The number of urea groups is 1. The zero-order chi connectivity index (χ0) is 20.5. The average Bonchev–Trinajstić information content (AvgIpc) is 2.67. The van der Waals surface area contributed by atoms with E-state index >= 15 is 0 Å². The fourth-order valence-electron chi connectivity index (χ4n) is 2.38. The molecule has 2 rings (SSSR count). The second kappa shape index (κ2) is 10.1. The van der Waals surface area contributed by atoms with Gasteiger partial charge in [0.05, 0.1) is 19.8 Å². The van der Waals surface area contributed by atoms with E-state index in [-0.39, 0.29) is 12.4 Å². The monoisotopic (exact) mass is 390 g/mol. The van der Waals surface area contributed by atoms with E-state index in [1.165, 1.54) is 19.2 Å². The standard InChI is InChI=1S/C20H23FN2O5/c1-4-27-19(24)12-28-16-8-6-15(7-9-16)23-20(25)22-13(2)14-5-10-18(26-3)17(21)11-14/h5-11,13H,4,12H2,1-3H3,(H2,22,23,25)/t13-/m1/s1. The van der Waals surface area contributed by atoms with E-state index in [0.29, 0.717) is 23.6 Å². The van der Waals surface area contributed by atoms with Gasteiger partial charge in [0.15, 0.2) is 18.2 Å².